The number of carbonyl (C=O) groups excluding carboxylic acids is 1. The van der Waals surface area contributed by atoms with Crippen molar-refractivity contribution in [3.63, 3.8) is 0 Å². The summed E-state index contributed by atoms with van der Waals surface area (Å²) in [4.78, 5) is 44.2. The summed E-state index contributed by atoms with van der Waals surface area (Å²) in [6, 6.07) is 2.01. The lowest BCUT2D eigenvalue weighted by Crippen LogP contribution is -2.36. The van der Waals surface area contributed by atoms with Gasteiger partial charge in [-0.3, -0.25) is 29.1 Å². The van der Waals surface area contributed by atoms with Crippen LogP contribution in [0, 0.1) is 10.1 Å². The summed E-state index contributed by atoms with van der Waals surface area (Å²) in [5.74, 6) is -1.83. The first-order valence-electron chi connectivity index (χ1n) is 5.12. The average molecular weight is 269 g/mol. The Bertz CT molecular complexity index is 579. The van der Waals surface area contributed by atoms with Gasteiger partial charge in [0.15, 0.2) is 0 Å². The maximum absolute atomic E-state index is 11.6. The zero-order valence-electron chi connectivity index (χ0n) is 9.98. The first kappa shape index (κ1) is 14.4. The van der Waals surface area contributed by atoms with Crippen molar-refractivity contribution in [3.8, 4) is 0 Å². The molecule has 0 spiro atoms. The molecule has 0 saturated heterocycles. The average Bonchev–Trinajstić information content (AvgIpc) is 2.30. The van der Waals surface area contributed by atoms with Gasteiger partial charge in [-0.15, -0.1) is 0 Å². The molecule has 1 amide bonds. The van der Waals surface area contributed by atoms with Crippen LogP contribution >= 0.6 is 0 Å². The first-order chi connectivity index (χ1) is 8.81. The van der Waals surface area contributed by atoms with E-state index in [-0.39, 0.29) is 5.69 Å². The Balaban J connectivity index is 2.90. The fourth-order valence-electron chi connectivity index (χ4n) is 1.31. The smallest absolute Gasteiger partial charge is 0.323 e. The number of aliphatic carboxylic acids is 1. The number of aromatic nitrogens is 1. The molecule has 9 heteroatoms. The quantitative estimate of drug-likeness (QED) is 0.557. The lowest BCUT2D eigenvalue weighted by Gasteiger charge is -2.15. The van der Waals surface area contributed by atoms with Gasteiger partial charge in [-0.2, -0.15) is 0 Å². The van der Waals surface area contributed by atoms with Crippen molar-refractivity contribution in [1.29, 1.82) is 0 Å². The van der Waals surface area contributed by atoms with Gasteiger partial charge in [-0.25, -0.2) is 0 Å². The van der Waals surface area contributed by atoms with Crippen molar-refractivity contribution < 1.29 is 19.6 Å². The number of nitrogens with zero attached hydrogens (tertiary/aromatic N) is 3. The third kappa shape index (κ3) is 3.91. The van der Waals surface area contributed by atoms with Gasteiger partial charge in [-0.1, -0.05) is 0 Å². The zero-order valence-corrected chi connectivity index (χ0v) is 9.98. The molecular formula is C10H11N3O6. The molecule has 0 aromatic carbocycles. The normalized spacial score (nSPS) is 9.95. The molecule has 0 aliphatic carbocycles. The van der Waals surface area contributed by atoms with Crippen molar-refractivity contribution in [2.45, 2.75) is 6.54 Å². The highest BCUT2D eigenvalue weighted by atomic mass is 16.6. The lowest BCUT2D eigenvalue weighted by atomic mass is 10.4. The van der Waals surface area contributed by atoms with Crippen LogP contribution in [0.5, 0.6) is 0 Å². The maximum Gasteiger partial charge on any atom is 0.323 e. The van der Waals surface area contributed by atoms with Gasteiger partial charge in [0.25, 0.3) is 11.2 Å². The van der Waals surface area contributed by atoms with Crippen LogP contribution in [0.25, 0.3) is 0 Å². The van der Waals surface area contributed by atoms with Gasteiger partial charge in [0.05, 0.1) is 11.1 Å². The second-order valence-electron chi connectivity index (χ2n) is 3.75. The van der Waals surface area contributed by atoms with E-state index >= 15 is 0 Å². The molecule has 9 nitrogen and oxygen atoms in total. The number of carbonyl (C=O) groups is 2. The van der Waals surface area contributed by atoms with Crippen LogP contribution in [0.15, 0.2) is 23.1 Å². The molecule has 1 rings (SSSR count). The molecule has 0 saturated carbocycles. The number of carboxylic acids is 1. The van der Waals surface area contributed by atoms with Gasteiger partial charge in [0.1, 0.15) is 13.1 Å². The molecule has 0 fully saturated rings. The number of carboxylic acid groups (broad SMARTS) is 1. The van der Waals surface area contributed by atoms with Crippen molar-refractivity contribution in [3.05, 3.63) is 38.8 Å². The van der Waals surface area contributed by atoms with Gasteiger partial charge >= 0.3 is 5.97 Å². The highest BCUT2D eigenvalue weighted by Gasteiger charge is 2.15. The van der Waals surface area contributed by atoms with E-state index in [1.807, 2.05) is 0 Å². The minimum atomic E-state index is -1.19. The third-order valence-corrected chi connectivity index (χ3v) is 2.28. The molecule has 0 radical (unpaired) electrons. The van der Waals surface area contributed by atoms with Crippen LogP contribution in [0.4, 0.5) is 5.69 Å². The molecule has 19 heavy (non-hydrogen) atoms. The summed E-state index contributed by atoms with van der Waals surface area (Å²) in [6.07, 6.45) is 0.939. The Hall–Kier alpha value is -2.71. The van der Waals surface area contributed by atoms with E-state index < -0.39 is 35.4 Å². The number of hydrogen-bond donors (Lipinski definition) is 1. The summed E-state index contributed by atoms with van der Waals surface area (Å²) in [7, 11) is 1.26. The first-order valence-corrected chi connectivity index (χ1v) is 5.12. The second-order valence-corrected chi connectivity index (χ2v) is 3.75. The highest BCUT2D eigenvalue weighted by molar-refractivity contribution is 5.80. The molecule has 1 heterocycles. The van der Waals surface area contributed by atoms with Crippen LogP contribution < -0.4 is 5.56 Å². The number of nitro groups is 1. The van der Waals surface area contributed by atoms with Crippen molar-refractivity contribution >= 4 is 17.6 Å². The molecule has 102 valence electrons. The van der Waals surface area contributed by atoms with Crippen LogP contribution in [0.2, 0.25) is 0 Å². The Kier molecular flexibility index (Phi) is 4.35. The molecule has 0 atom stereocenters. The van der Waals surface area contributed by atoms with E-state index in [1.54, 1.807) is 0 Å². The highest BCUT2D eigenvalue weighted by Crippen LogP contribution is 2.06. The number of amides is 1. The molecule has 0 unspecified atom stereocenters. The van der Waals surface area contributed by atoms with Gasteiger partial charge in [0, 0.05) is 19.2 Å². The fourth-order valence-corrected chi connectivity index (χ4v) is 1.31. The summed E-state index contributed by atoms with van der Waals surface area (Å²) < 4.78 is 0.860. The Morgan fingerprint density at radius 3 is 2.63 bits per heavy atom. The number of pyridine rings is 1. The largest absolute Gasteiger partial charge is 0.480 e. The van der Waals surface area contributed by atoms with Gasteiger partial charge in [0.2, 0.25) is 5.91 Å². The zero-order chi connectivity index (χ0) is 14.6. The number of rotatable bonds is 5. The monoisotopic (exact) mass is 269 g/mol. The van der Waals surface area contributed by atoms with Crippen molar-refractivity contribution in [2.75, 3.05) is 13.6 Å². The summed E-state index contributed by atoms with van der Waals surface area (Å²) in [6.45, 7) is -0.965. The second kappa shape index (κ2) is 5.76. The standard InChI is InChI=1S/C10H11N3O6/c1-11(6-10(16)17)9(15)5-12-4-7(13(18)19)2-3-8(12)14/h2-4H,5-6H2,1H3,(H,16,17). The Morgan fingerprint density at radius 1 is 1.47 bits per heavy atom. The van der Waals surface area contributed by atoms with E-state index in [0.29, 0.717) is 0 Å². The molecule has 0 aliphatic rings. The maximum atomic E-state index is 11.6. The van der Waals surface area contributed by atoms with Crippen molar-refractivity contribution in [2.24, 2.45) is 0 Å². The third-order valence-electron chi connectivity index (χ3n) is 2.28. The summed E-state index contributed by atoms with van der Waals surface area (Å²) in [5.41, 5.74) is -0.907. The summed E-state index contributed by atoms with van der Waals surface area (Å²) >= 11 is 0. The topological polar surface area (TPSA) is 123 Å². The lowest BCUT2D eigenvalue weighted by molar-refractivity contribution is -0.385. The predicted molar refractivity (Wildman–Crippen MR) is 62.6 cm³/mol. The molecule has 1 aromatic heterocycles. The van der Waals surface area contributed by atoms with E-state index in [2.05, 4.69) is 0 Å². The van der Waals surface area contributed by atoms with Crippen LogP contribution in [-0.2, 0) is 16.1 Å². The predicted octanol–water partition coefficient (Wildman–Crippen LogP) is -0.701. The SMILES string of the molecule is CN(CC(=O)O)C(=O)Cn1cc([N+](=O)[O-])ccc1=O. The minimum Gasteiger partial charge on any atom is -0.480 e. The van der Waals surface area contributed by atoms with Crippen LogP contribution in [-0.4, -0.2) is 45.0 Å². The van der Waals surface area contributed by atoms with Crippen molar-refractivity contribution in [1.82, 2.24) is 9.47 Å². The molecule has 0 bridgehead atoms. The minimum absolute atomic E-state index is 0.326. The Morgan fingerprint density at radius 2 is 2.11 bits per heavy atom. The van der Waals surface area contributed by atoms with E-state index in [9.17, 15) is 24.5 Å². The Labute approximate surface area is 106 Å². The summed E-state index contributed by atoms with van der Waals surface area (Å²) in [5, 5.41) is 19.1. The number of hydrogen-bond acceptors (Lipinski definition) is 5. The molecule has 1 aromatic rings. The van der Waals surface area contributed by atoms with E-state index in [4.69, 9.17) is 5.11 Å². The molecule has 1 N–H and O–H groups in total. The number of likely N-dealkylation sites (N-methyl/N-ethyl adjacent to an activating group) is 1. The van der Waals surface area contributed by atoms with Crippen LogP contribution in [0.3, 0.4) is 0 Å². The fraction of sp³-hybridized carbons (Fsp3) is 0.300. The molecule has 0 aliphatic heterocycles. The van der Waals surface area contributed by atoms with Crippen LogP contribution in [0.1, 0.15) is 0 Å². The van der Waals surface area contributed by atoms with E-state index in [1.165, 1.54) is 7.05 Å². The molecular weight excluding hydrogens is 258 g/mol. The van der Waals surface area contributed by atoms with Gasteiger partial charge < -0.3 is 10.0 Å². The van der Waals surface area contributed by atoms with E-state index in [0.717, 1.165) is 27.8 Å². The van der Waals surface area contributed by atoms with Gasteiger partial charge in [-0.05, 0) is 0 Å².